The summed E-state index contributed by atoms with van der Waals surface area (Å²) in [6.45, 7) is 2.56. The Morgan fingerprint density at radius 2 is 1.83 bits per heavy atom. The third-order valence-electron chi connectivity index (χ3n) is 8.72. The predicted octanol–water partition coefficient (Wildman–Crippen LogP) is 6.30. The molecule has 0 unspecified atom stereocenters. The first-order chi connectivity index (χ1) is 22.5. The number of benzene rings is 1. The highest BCUT2D eigenvalue weighted by Crippen LogP contribution is 2.51. The van der Waals surface area contributed by atoms with Crippen LogP contribution in [0.4, 0.5) is 17.6 Å². The minimum atomic E-state index is -4.73. The van der Waals surface area contributed by atoms with Crippen LogP contribution in [0.15, 0.2) is 77.6 Å². The highest BCUT2D eigenvalue weighted by atomic mass is 35.5. The fourth-order valence-electron chi connectivity index (χ4n) is 6.54. The molecule has 9 nitrogen and oxygen atoms in total. The van der Waals surface area contributed by atoms with Crippen LogP contribution in [0.25, 0.3) is 11.8 Å². The number of alkyl halides is 3. The third kappa shape index (κ3) is 6.41. The number of hydrogen-bond donors (Lipinski definition) is 1. The lowest BCUT2D eigenvalue weighted by atomic mass is 9.60. The second-order valence-corrected chi connectivity index (χ2v) is 15.0. The maximum absolute atomic E-state index is 14.6. The molecule has 2 aliphatic carbocycles. The van der Waals surface area contributed by atoms with Crippen LogP contribution in [0.3, 0.4) is 0 Å². The smallest absolute Gasteiger partial charge is 0.389 e. The first-order valence-corrected chi connectivity index (χ1v) is 16.8. The standard InChI is InChI=1S/C33H30ClF4N5O4S/c1-31(2,45)19-42(48(46,47)26-9-10-29(34)40-18-26)25-6-3-21-14-28-20(17-41-43(28)24-7-4-23(35)5-8-24)15-32(21,16-25)30(44)27-13-22(11-12-39-27)33(36,37)38/h4-5,7-14,17-18,25,45H,3,6,15-16,19H2,1-2H3/t25-,32-/m0/s1. The van der Waals surface area contributed by atoms with Crippen molar-refractivity contribution in [2.75, 3.05) is 6.54 Å². The maximum Gasteiger partial charge on any atom is 0.416 e. The number of hydrogen-bond acceptors (Lipinski definition) is 7. The minimum Gasteiger partial charge on any atom is -0.389 e. The molecule has 0 spiro atoms. The Morgan fingerprint density at radius 3 is 2.48 bits per heavy atom. The molecule has 0 amide bonds. The van der Waals surface area contributed by atoms with Gasteiger partial charge in [-0.25, -0.2) is 22.5 Å². The lowest BCUT2D eigenvalue weighted by Gasteiger charge is -2.47. The van der Waals surface area contributed by atoms with Crippen molar-refractivity contribution in [3.63, 3.8) is 0 Å². The van der Waals surface area contributed by atoms with E-state index in [1.165, 1.54) is 44.3 Å². The number of halogens is 5. The number of nitrogens with zero attached hydrogens (tertiary/aromatic N) is 5. The van der Waals surface area contributed by atoms with Gasteiger partial charge in [0.1, 0.15) is 21.6 Å². The summed E-state index contributed by atoms with van der Waals surface area (Å²) in [5.74, 6) is -1.13. The lowest BCUT2D eigenvalue weighted by Crippen LogP contribution is -2.53. The zero-order valence-electron chi connectivity index (χ0n) is 25.7. The van der Waals surface area contributed by atoms with Crippen LogP contribution in [-0.2, 0) is 22.6 Å². The minimum absolute atomic E-state index is 0.0124. The van der Waals surface area contributed by atoms with Gasteiger partial charge >= 0.3 is 6.18 Å². The zero-order valence-corrected chi connectivity index (χ0v) is 27.3. The molecular weight excluding hydrogens is 674 g/mol. The van der Waals surface area contributed by atoms with Crippen molar-refractivity contribution < 1.29 is 35.9 Å². The van der Waals surface area contributed by atoms with Crippen LogP contribution in [0.1, 0.15) is 60.4 Å². The number of aromatic nitrogens is 4. The van der Waals surface area contributed by atoms with Gasteiger partial charge in [-0.15, -0.1) is 0 Å². The molecule has 252 valence electrons. The Bertz CT molecular complexity index is 2010. The fraction of sp³-hybridized carbons (Fsp3) is 0.333. The predicted molar refractivity (Wildman–Crippen MR) is 168 cm³/mol. The molecule has 1 aromatic carbocycles. The number of fused-ring (bicyclic) bond motifs is 2. The Kier molecular flexibility index (Phi) is 8.59. The summed E-state index contributed by atoms with van der Waals surface area (Å²) < 4.78 is 85.9. The molecule has 0 radical (unpaired) electrons. The van der Waals surface area contributed by atoms with E-state index in [9.17, 15) is 35.9 Å². The molecule has 0 bridgehead atoms. The van der Waals surface area contributed by atoms with Gasteiger partial charge in [0.2, 0.25) is 10.0 Å². The molecule has 1 N–H and O–H groups in total. The molecule has 1 fully saturated rings. The molecule has 2 aliphatic rings. The molecule has 3 aromatic heterocycles. The highest BCUT2D eigenvalue weighted by molar-refractivity contribution is 7.89. The molecular formula is C33H30ClF4N5O4S. The highest BCUT2D eigenvalue weighted by Gasteiger charge is 2.52. The molecule has 0 aliphatic heterocycles. The van der Waals surface area contributed by atoms with E-state index < -0.39 is 56.1 Å². The lowest BCUT2D eigenvalue weighted by molar-refractivity contribution is -0.137. The summed E-state index contributed by atoms with van der Waals surface area (Å²) in [6.07, 6.45) is 0.887. The van der Waals surface area contributed by atoms with Gasteiger partial charge < -0.3 is 5.11 Å². The van der Waals surface area contributed by atoms with Crippen LogP contribution in [0.5, 0.6) is 0 Å². The SMILES string of the molecule is CC(C)(O)CN([C@H]1CCC2=Cc3c(cnn3-c3ccc(F)cc3)C[C@]2(C(=O)c2cc(C(F)(F)F)ccn2)C1)S(=O)(=O)c1ccc(Cl)nc1. The number of Topliss-reactive ketones (excluding diaryl/α,β-unsaturated/α-hetero) is 1. The van der Waals surface area contributed by atoms with Crippen molar-refractivity contribution in [2.24, 2.45) is 5.41 Å². The number of carbonyl (C=O) groups is 1. The molecule has 3 heterocycles. The molecule has 4 aromatic rings. The normalized spacial score (nSPS) is 19.9. The fourth-order valence-corrected chi connectivity index (χ4v) is 8.40. The molecule has 48 heavy (non-hydrogen) atoms. The molecule has 15 heteroatoms. The number of aliphatic hydroxyl groups is 1. The van der Waals surface area contributed by atoms with E-state index in [4.69, 9.17) is 11.6 Å². The third-order valence-corrected chi connectivity index (χ3v) is 10.8. The molecule has 0 saturated heterocycles. The first kappa shape index (κ1) is 33.9. The van der Waals surface area contributed by atoms with Crippen molar-refractivity contribution in [3.8, 4) is 5.69 Å². The van der Waals surface area contributed by atoms with Crippen LogP contribution in [-0.4, -0.2) is 61.5 Å². The summed E-state index contributed by atoms with van der Waals surface area (Å²) in [7, 11) is -4.32. The Labute approximate surface area is 278 Å². The zero-order chi connectivity index (χ0) is 34.6. The second-order valence-electron chi connectivity index (χ2n) is 12.7. The van der Waals surface area contributed by atoms with E-state index >= 15 is 0 Å². The second kappa shape index (κ2) is 12.2. The number of allylic oxidation sites excluding steroid dienone is 1. The van der Waals surface area contributed by atoms with Crippen LogP contribution in [0, 0.1) is 11.2 Å². The van der Waals surface area contributed by atoms with E-state index in [0.717, 1.165) is 22.8 Å². The summed E-state index contributed by atoms with van der Waals surface area (Å²) in [5, 5.41) is 15.4. The van der Waals surface area contributed by atoms with Crippen molar-refractivity contribution in [1.29, 1.82) is 0 Å². The van der Waals surface area contributed by atoms with Gasteiger partial charge in [0.25, 0.3) is 0 Å². The summed E-state index contributed by atoms with van der Waals surface area (Å²) >= 11 is 5.91. The van der Waals surface area contributed by atoms with E-state index in [2.05, 4.69) is 15.1 Å². The van der Waals surface area contributed by atoms with Crippen molar-refractivity contribution in [1.82, 2.24) is 24.1 Å². The molecule has 6 rings (SSSR count). The Morgan fingerprint density at radius 1 is 1.10 bits per heavy atom. The van der Waals surface area contributed by atoms with Gasteiger partial charge in [0.05, 0.1) is 34.2 Å². The first-order valence-electron chi connectivity index (χ1n) is 15.0. The van der Waals surface area contributed by atoms with Gasteiger partial charge in [-0.05, 0) is 99.7 Å². The van der Waals surface area contributed by atoms with E-state index in [1.54, 1.807) is 22.9 Å². The average Bonchev–Trinajstić information content (AvgIpc) is 3.44. The maximum atomic E-state index is 14.6. The number of rotatable bonds is 8. The average molecular weight is 704 g/mol. The van der Waals surface area contributed by atoms with Crippen LogP contribution < -0.4 is 0 Å². The van der Waals surface area contributed by atoms with E-state index in [-0.39, 0.29) is 42.3 Å². The Balaban J connectivity index is 1.48. The van der Waals surface area contributed by atoms with Crippen molar-refractivity contribution >= 4 is 33.5 Å². The van der Waals surface area contributed by atoms with Gasteiger partial charge in [-0.1, -0.05) is 17.2 Å². The van der Waals surface area contributed by atoms with E-state index in [0.29, 0.717) is 28.6 Å². The molecule has 1 saturated carbocycles. The number of sulfonamides is 1. The summed E-state index contributed by atoms with van der Waals surface area (Å²) in [5.41, 5.74) is -2.13. The van der Waals surface area contributed by atoms with Gasteiger partial charge in [0.15, 0.2) is 5.78 Å². The number of carbonyl (C=O) groups excluding carboxylic acids is 1. The summed E-state index contributed by atoms with van der Waals surface area (Å²) in [6, 6.07) is 8.89. The topological polar surface area (TPSA) is 118 Å². The van der Waals surface area contributed by atoms with Crippen LogP contribution in [0.2, 0.25) is 5.15 Å². The van der Waals surface area contributed by atoms with Crippen molar-refractivity contribution in [2.45, 2.75) is 62.2 Å². The quantitative estimate of drug-likeness (QED) is 0.130. The molecule has 2 atom stereocenters. The summed E-state index contributed by atoms with van der Waals surface area (Å²) in [4.78, 5) is 22.4. The van der Waals surface area contributed by atoms with Gasteiger partial charge in [0, 0.05) is 25.0 Å². The largest absolute Gasteiger partial charge is 0.416 e. The van der Waals surface area contributed by atoms with Gasteiger partial charge in [-0.2, -0.15) is 22.6 Å². The monoisotopic (exact) mass is 703 g/mol. The van der Waals surface area contributed by atoms with Crippen molar-refractivity contribution in [3.05, 3.63) is 106 Å². The number of ketones is 1. The van der Waals surface area contributed by atoms with E-state index in [1.807, 2.05) is 0 Å². The van der Waals surface area contributed by atoms with Crippen LogP contribution >= 0.6 is 11.6 Å². The Hall–Kier alpha value is -3.98. The van der Waals surface area contributed by atoms with Gasteiger partial charge in [-0.3, -0.25) is 9.78 Å². The number of pyridine rings is 2.